The highest BCUT2D eigenvalue weighted by Crippen LogP contribution is 2.12. The van der Waals surface area contributed by atoms with Crippen molar-refractivity contribution in [2.45, 2.75) is 141 Å². The Kier molecular flexibility index (Phi) is 32.0. The summed E-state index contributed by atoms with van der Waals surface area (Å²) < 4.78 is 5.46. The second kappa shape index (κ2) is 28.2. The van der Waals surface area contributed by atoms with Gasteiger partial charge in [0.15, 0.2) is 0 Å². The first kappa shape index (κ1) is 37.5. The molecule has 0 unspecified atom stereocenters. The van der Waals surface area contributed by atoms with Crippen molar-refractivity contribution in [3.8, 4) is 0 Å². The first-order valence-corrected chi connectivity index (χ1v) is 14.7. The third-order valence-corrected chi connectivity index (χ3v) is 5.54. The maximum Gasteiger partial charge on any atom is 0.0468 e. The minimum Gasteiger partial charge on any atom is -0.381 e. The van der Waals surface area contributed by atoms with Gasteiger partial charge in [0.25, 0.3) is 0 Å². The lowest BCUT2D eigenvalue weighted by molar-refractivity contribution is 0.114. The molecule has 33 heavy (non-hydrogen) atoms. The van der Waals surface area contributed by atoms with E-state index in [1.807, 2.05) is 0 Å². The summed E-state index contributed by atoms with van der Waals surface area (Å²) in [4.78, 5) is 0. The Bertz CT molecular complexity index is 252. The average molecular weight is 472 g/mol. The van der Waals surface area contributed by atoms with E-state index in [9.17, 15) is 0 Å². The molecule has 0 aliphatic rings. The van der Waals surface area contributed by atoms with Gasteiger partial charge in [-0.1, -0.05) is 115 Å². The van der Waals surface area contributed by atoms with Crippen molar-refractivity contribution in [2.24, 2.45) is 35.5 Å². The third kappa shape index (κ3) is 49.9. The lowest BCUT2D eigenvalue weighted by Gasteiger charge is -2.07. The molecule has 2 nitrogen and oxygen atoms in total. The van der Waals surface area contributed by atoms with E-state index in [4.69, 9.17) is 4.74 Å². The van der Waals surface area contributed by atoms with Gasteiger partial charge >= 0.3 is 0 Å². The van der Waals surface area contributed by atoms with Crippen LogP contribution in [0.4, 0.5) is 0 Å². The molecule has 0 amide bonds. The molecule has 0 saturated carbocycles. The highest BCUT2D eigenvalue weighted by Gasteiger charge is 1.97. The summed E-state index contributed by atoms with van der Waals surface area (Å²) in [5.74, 6) is 5.01. The molecule has 0 bridgehead atoms. The van der Waals surface area contributed by atoms with E-state index < -0.39 is 0 Å². The van der Waals surface area contributed by atoms with Crippen LogP contribution in [0.1, 0.15) is 141 Å². The predicted molar refractivity (Wildman–Crippen MR) is 154 cm³/mol. The standard InChI is InChI=1S/C11H24.C10H23N.C10H22O/c1-10(2)8-6-5-7-9-11(3)4;2*1-9(2)5-7-11-8-6-10(3)4/h10-11H,5-9H2,1-4H3;9-11H,5-8H2,1-4H3;9-10H,5-8H2,1-4H3. The summed E-state index contributed by atoms with van der Waals surface area (Å²) >= 11 is 0. The van der Waals surface area contributed by atoms with Crippen molar-refractivity contribution in [3.63, 3.8) is 0 Å². The van der Waals surface area contributed by atoms with Gasteiger partial charge in [0.1, 0.15) is 0 Å². The number of rotatable bonds is 18. The Hall–Kier alpha value is -0.0800. The van der Waals surface area contributed by atoms with Crippen molar-refractivity contribution < 1.29 is 4.74 Å². The van der Waals surface area contributed by atoms with Gasteiger partial charge in [-0.2, -0.15) is 0 Å². The van der Waals surface area contributed by atoms with Crippen LogP contribution in [-0.4, -0.2) is 26.3 Å². The highest BCUT2D eigenvalue weighted by atomic mass is 16.5. The molecule has 0 rings (SSSR count). The molecule has 0 saturated heterocycles. The van der Waals surface area contributed by atoms with Crippen LogP contribution < -0.4 is 5.32 Å². The van der Waals surface area contributed by atoms with Gasteiger partial charge in [-0.3, -0.25) is 0 Å². The highest BCUT2D eigenvalue weighted by molar-refractivity contribution is 4.53. The van der Waals surface area contributed by atoms with E-state index in [2.05, 4.69) is 88.4 Å². The van der Waals surface area contributed by atoms with Crippen LogP contribution in [0.2, 0.25) is 0 Å². The Morgan fingerprint density at radius 3 is 0.970 bits per heavy atom. The van der Waals surface area contributed by atoms with E-state index in [0.717, 1.165) is 48.7 Å². The van der Waals surface area contributed by atoms with Crippen LogP contribution in [0.5, 0.6) is 0 Å². The molecule has 0 fully saturated rings. The van der Waals surface area contributed by atoms with Gasteiger partial charge in [0.05, 0.1) is 0 Å². The fourth-order valence-electron chi connectivity index (χ4n) is 2.93. The van der Waals surface area contributed by atoms with Crippen molar-refractivity contribution in [2.75, 3.05) is 26.3 Å². The Morgan fingerprint density at radius 2 is 0.697 bits per heavy atom. The van der Waals surface area contributed by atoms with Gasteiger partial charge in [-0.15, -0.1) is 0 Å². The largest absolute Gasteiger partial charge is 0.381 e. The first-order valence-electron chi connectivity index (χ1n) is 14.7. The monoisotopic (exact) mass is 472 g/mol. The summed E-state index contributed by atoms with van der Waals surface area (Å²) in [6.07, 6.45) is 12.1. The van der Waals surface area contributed by atoms with Crippen LogP contribution in [0.3, 0.4) is 0 Å². The zero-order valence-electron chi connectivity index (χ0n) is 25.6. The first-order chi connectivity index (χ1) is 15.4. The topological polar surface area (TPSA) is 21.3 Å². The van der Waals surface area contributed by atoms with E-state index in [1.54, 1.807) is 0 Å². The molecule has 2 heteroatoms. The molecular formula is C31H69NO. The zero-order chi connectivity index (χ0) is 26.1. The Labute approximate surface area is 212 Å². The molecule has 1 N–H and O–H groups in total. The lowest BCUT2D eigenvalue weighted by Crippen LogP contribution is -2.19. The van der Waals surface area contributed by atoms with Crippen molar-refractivity contribution >= 4 is 0 Å². The number of unbranched alkanes of at least 4 members (excludes halogenated alkanes) is 2. The van der Waals surface area contributed by atoms with E-state index in [1.165, 1.54) is 70.9 Å². The average Bonchev–Trinajstić information content (AvgIpc) is 2.67. The summed E-state index contributed by atoms with van der Waals surface area (Å²) in [6, 6.07) is 0. The molecular weight excluding hydrogens is 402 g/mol. The van der Waals surface area contributed by atoms with E-state index >= 15 is 0 Å². The molecule has 0 aromatic heterocycles. The normalized spacial score (nSPS) is 11.5. The van der Waals surface area contributed by atoms with Crippen LogP contribution in [0, 0.1) is 35.5 Å². The Balaban J connectivity index is -0.000000409. The van der Waals surface area contributed by atoms with Crippen LogP contribution >= 0.6 is 0 Å². The Morgan fingerprint density at radius 1 is 0.394 bits per heavy atom. The van der Waals surface area contributed by atoms with Gasteiger partial charge < -0.3 is 10.1 Å². The van der Waals surface area contributed by atoms with Crippen molar-refractivity contribution in [1.82, 2.24) is 5.32 Å². The molecule has 0 radical (unpaired) electrons. The van der Waals surface area contributed by atoms with E-state index in [0.29, 0.717) is 0 Å². The van der Waals surface area contributed by atoms with Gasteiger partial charge in [0.2, 0.25) is 0 Å². The molecule has 0 atom stereocenters. The number of hydrogen-bond acceptors (Lipinski definition) is 2. The lowest BCUT2D eigenvalue weighted by atomic mass is 10.0. The number of ether oxygens (including phenoxy) is 1. The van der Waals surface area contributed by atoms with E-state index in [-0.39, 0.29) is 0 Å². The second-order valence-corrected chi connectivity index (χ2v) is 12.5. The number of nitrogens with one attached hydrogen (secondary N) is 1. The molecule has 0 heterocycles. The van der Waals surface area contributed by atoms with Crippen LogP contribution in [0.25, 0.3) is 0 Å². The molecule has 0 spiro atoms. The maximum absolute atomic E-state index is 5.46. The smallest absolute Gasteiger partial charge is 0.0468 e. The fraction of sp³-hybridized carbons (Fsp3) is 1.00. The second-order valence-electron chi connectivity index (χ2n) is 12.5. The van der Waals surface area contributed by atoms with Crippen LogP contribution in [-0.2, 0) is 4.74 Å². The predicted octanol–water partition coefficient (Wildman–Crippen LogP) is 10.0. The minimum atomic E-state index is 0.772. The summed E-state index contributed by atoms with van der Waals surface area (Å²) in [5, 5.41) is 3.45. The quantitative estimate of drug-likeness (QED) is 0.201. The molecule has 204 valence electrons. The third-order valence-electron chi connectivity index (χ3n) is 5.54. The molecule has 0 aliphatic carbocycles. The fourth-order valence-corrected chi connectivity index (χ4v) is 2.93. The molecule has 0 aromatic rings. The summed E-state index contributed by atoms with van der Waals surface area (Å²) in [5.41, 5.74) is 0. The maximum atomic E-state index is 5.46. The van der Waals surface area contributed by atoms with Gasteiger partial charge in [-0.05, 0) is 74.3 Å². The molecule has 0 aliphatic heterocycles. The molecule has 0 aromatic carbocycles. The van der Waals surface area contributed by atoms with Crippen molar-refractivity contribution in [1.29, 1.82) is 0 Å². The minimum absolute atomic E-state index is 0.772. The summed E-state index contributed by atoms with van der Waals surface area (Å²) in [6.45, 7) is 31.5. The zero-order valence-corrected chi connectivity index (χ0v) is 25.6. The van der Waals surface area contributed by atoms with Crippen LogP contribution in [0.15, 0.2) is 0 Å². The SMILES string of the molecule is CC(C)CCCCCC(C)C.CC(C)CCNCCC(C)C.CC(C)CCOCCC(C)C. The summed E-state index contributed by atoms with van der Waals surface area (Å²) in [7, 11) is 0. The van der Waals surface area contributed by atoms with Crippen molar-refractivity contribution in [3.05, 3.63) is 0 Å². The number of hydrogen-bond donors (Lipinski definition) is 1. The van der Waals surface area contributed by atoms with Gasteiger partial charge in [-0.25, -0.2) is 0 Å². The van der Waals surface area contributed by atoms with Gasteiger partial charge in [0, 0.05) is 13.2 Å².